The van der Waals surface area contributed by atoms with Crippen molar-refractivity contribution < 1.29 is 19.1 Å². The van der Waals surface area contributed by atoms with E-state index in [9.17, 15) is 9.59 Å². The van der Waals surface area contributed by atoms with Crippen molar-refractivity contribution in [3.63, 3.8) is 0 Å². The molecule has 0 bridgehead atoms. The number of hydrogen-bond acceptors (Lipinski definition) is 3. The molecule has 0 atom stereocenters. The lowest BCUT2D eigenvalue weighted by Crippen LogP contribution is -2.20. The molecule has 0 radical (unpaired) electrons. The van der Waals surface area contributed by atoms with Crippen molar-refractivity contribution in [3.05, 3.63) is 5.53 Å². The minimum Gasteiger partial charge on any atom is -0.462 e. The van der Waals surface area contributed by atoms with Crippen molar-refractivity contribution in [2.45, 2.75) is 57.5 Å². The van der Waals surface area contributed by atoms with Gasteiger partial charge in [-0.25, -0.2) is 0 Å². The van der Waals surface area contributed by atoms with Crippen LogP contribution in [0.15, 0.2) is 0 Å². The summed E-state index contributed by atoms with van der Waals surface area (Å²) in [5.41, 5.74) is 8.12. The van der Waals surface area contributed by atoms with Gasteiger partial charge in [0.05, 0.1) is 0 Å². The Morgan fingerprint density at radius 1 is 1.24 bits per heavy atom. The summed E-state index contributed by atoms with van der Waals surface area (Å²) in [7, 11) is 0. The molecule has 1 rings (SSSR count). The topological polar surface area (TPSA) is 79.8 Å². The van der Waals surface area contributed by atoms with Gasteiger partial charge in [-0.1, -0.05) is 6.42 Å². The summed E-state index contributed by atoms with van der Waals surface area (Å²) < 4.78 is 5.30. The maximum absolute atomic E-state index is 11.4. The maximum atomic E-state index is 11.4. The fourth-order valence-electron chi connectivity index (χ4n) is 1.96. The highest BCUT2D eigenvalue weighted by Gasteiger charge is 2.17. The molecule has 0 saturated heterocycles. The molecule has 17 heavy (non-hydrogen) atoms. The third-order valence-corrected chi connectivity index (χ3v) is 2.86. The summed E-state index contributed by atoms with van der Waals surface area (Å²) in [5.74, 6) is -0.511. The van der Waals surface area contributed by atoms with E-state index in [1.807, 2.05) is 0 Å². The Kier molecular flexibility index (Phi) is 6.18. The van der Waals surface area contributed by atoms with Gasteiger partial charge in [-0.3, -0.25) is 9.59 Å². The monoisotopic (exact) mass is 238 g/mol. The van der Waals surface area contributed by atoms with Crippen molar-refractivity contribution in [3.8, 4) is 0 Å². The maximum Gasteiger partial charge on any atom is 0.323 e. The highest BCUT2D eigenvalue weighted by atomic mass is 16.5. The number of hydrogen-bond donors (Lipinski definition) is 0. The molecule has 0 spiro atoms. The second-order valence-corrected chi connectivity index (χ2v) is 4.31. The molecular formula is C12H18N2O3. The van der Waals surface area contributed by atoms with E-state index in [4.69, 9.17) is 10.3 Å². The molecule has 0 unspecified atom stereocenters. The number of carbonyl (C=O) groups excluding carboxylic acids is 2. The molecule has 0 aromatic carbocycles. The molecular weight excluding hydrogens is 220 g/mol. The molecule has 0 N–H and O–H groups in total. The first-order valence-electron chi connectivity index (χ1n) is 6.12. The lowest BCUT2D eigenvalue weighted by Gasteiger charge is -2.21. The number of carbonyl (C=O) groups is 2. The van der Waals surface area contributed by atoms with E-state index in [0.29, 0.717) is 6.42 Å². The number of ether oxygens (including phenoxy) is 1. The lowest BCUT2D eigenvalue weighted by atomic mass is 9.98. The standard InChI is InChI=1S/C12H18N2O3/c13-14-9-10(15)5-4-8-12(16)17-11-6-2-1-3-7-11/h9,11H,1-8H2. The molecule has 0 amide bonds. The summed E-state index contributed by atoms with van der Waals surface area (Å²) in [6.07, 6.45) is 7.24. The molecule has 0 aromatic heterocycles. The summed E-state index contributed by atoms with van der Waals surface area (Å²) in [6, 6.07) is 0. The molecule has 1 fully saturated rings. The zero-order valence-corrected chi connectivity index (χ0v) is 9.93. The van der Waals surface area contributed by atoms with Gasteiger partial charge in [0, 0.05) is 12.8 Å². The SMILES string of the molecule is [N-]=[N+]=CC(=O)CCCC(=O)OC1CCCCC1. The van der Waals surface area contributed by atoms with Crippen LogP contribution in [-0.2, 0) is 14.3 Å². The van der Waals surface area contributed by atoms with Crippen molar-refractivity contribution in [2.24, 2.45) is 0 Å². The summed E-state index contributed by atoms with van der Waals surface area (Å²) in [5, 5.41) is 0. The van der Waals surface area contributed by atoms with Crippen molar-refractivity contribution >= 4 is 18.0 Å². The van der Waals surface area contributed by atoms with E-state index in [1.54, 1.807) is 0 Å². The van der Waals surface area contributed by atoms with Gasteiger partial charge in [0.1, 0.15) is 6.10 Å². The minimum absolute atomic E-state index is 0.0750. The predicted molar refractivity (Wildman–Crippen MR) is 61.5 cm³/mol. The molecule has 5 heteroatoms. The fraction of sp³-hybridized carbons (Fsp3) is 0.750. The van der Waals surface area contributed by atoms with Crippen LogP contribution in [0, 0.1) is 0 Å². The molecule has 5 nitrogen and oxygen atoms in total. The fourth-order valence-corrected chi connectivity index (χ4v) is 1.96. The van der Waals surface area contributed by atoms with E-state index in [0.717, 1.165) is 31.9 Å². The van der Waals surface area contributed by atoms with E-state index in [-0.39, 0.29) is 30.7 Å². The van der Waals surface area contributed by atoms with Gasteiger partial charge < -0.3 is 10.3 Å². The zero-order valence-electron chi connectivity index (χ0n) is 9.93. The minimum atomic E-state index is -0.280. The lowest BCUT2D eigenvalue weighted by molar-refractivity contribution is -0.150. The van der Waals surface area contributed by atoms with Gasteiger partial charge in [-0.05, 0) is 32.1 Å². The smallest absolute Gasteiger partial charge is 0.323 e. The Morgan fingerprint density at radius 2 is 1.94 bits per heavy atom. The van der Waals surface area contributed by atoms with Crippen LogP contribution in [-0.4, -0.2) is 28.9 Å². The average Bonchev–Trinajstić information content (AvgIpc) is 2.30. The quantitative estimate of drug-likeness (QED) is 0.307. The molecule has 0 heterocycles. The van der Waals surface area contributed by atoms with E-state index >= 15 is 0 Å². The first-order chi connectivity index (χ1) is 8.22. The largest absolute Gasteiger partial charge is 0.462 e. The number of esters is 1. The first kappa shape index (κ1) is 13.6. The Balaban J connectivity index is 2.12. The van der Waals surface area contributed by atoms with Gasteiger partial charge in [0.2, 0.25) is 5.78 Å². The average molecular weight is 238 g/mol. The molecule has 94 valence electrons. The van der Waals surface area contributed by atoms with E-state index in [1.165, 1.54) is 6.42 Å². The number of rotatable bonds is 6. The molecule has 1 aliphatic rings. The zero-order chi connectivity index (χ0) is 12.5. The molecule has 0 aliphatic heterocycles. The second-order valence-electron chi connectivity index (χ2n) is 4.31. The Bertz CT molecular complexity index is 316. The van der Waals surface area contributed by atoms with Crippen molar-refractivity contribution in [1.29, 1.82) is 0 Å². The van der Waals surface area contributed by atoms with Crippen LogP contribution in [0.2, 0.25) is 0 Å². The summed E-state index contributed by atoms with van der Waals surface area (Å²) in [4.78, 5) is 25.0. The van der Waals surface area contributed by atoms with Crippen LogP contribution >= 0.6 is 0 Å². The number of ketones is 1. The van der Waals surface area contributed by atoms with E-state index < -0.39 is 0 Å². The van der Waals surface area contributed by atoms with Crippen molar-refractivity contribution in [1.82, 2.24) is 0 Å². The predicted octanol–water partition coefficient (Wildman–Crippen LogP) is 1.90. The Morgan fingerprint density at radius 3 is 2.59 bits per heavy atom. The summed E-state index contributed by atoms with van der Waals surface area (Å²) >= 11 is 0. The van der Waals surface area contributed by atoms with Crippen LogP contribution in [0.3, 0.4) is 0 Å². The first-order valence-corrected chi connectivity index (χ1v) is 6.12. The normalized spacial score (nSPS) is 16.0. The summed E-state index contributed by atoms with van der Waals surface area (Å²) in [6.45, 7) is 0. The van der Waals surface area contributed by atoms with Gasteiger partial charge >= 0.3 is 12.2 Å². The third kappa shape index (κ3) is 5.97. The highest BCUT2D eigenvalue weighted by molar-refractivity contribution is 6.25. The highest BCUT2D eigenvalue weighted by Crippen LogP contribution is 2.20. The third-order valence-electron chi connectivity index (χ3n) is 2.86. The van der Waals surface area contributed by atoms with Crippen molar-refractivity contribution in [2.75, 3.05) is 0 Å². The van der Waals surface area contributed by atoms with Gasteiger partial charge in [0.25, 0.3) is 0 Å². The van der Waals surface area contributed by atoms with Crippen LogP contribution in [0.1, 0.15) is 51.4 Å². The molecule has 0 aromatic rings. The Labute approximate surface area is 101 Å². The molecule has 1 saturated carbocycles. The van der Waals surface area contributed by atoms with Gasteiger partial charge in [-0.15, -0.1) is 0 Å². The van der Waals surface area contributed by atoms with Gasteiger partial charge in [-0.2, -0.15) is 4.79 Å². The van der Waals surface area contributed by atoms with Gasteiger partial charge in [0.15, 0.2) is 0 Å². The number of nitrogens with zero attached hydrogens (tertiary/aromatic N) is 2. The van der Waals surface area contributed by atoms with Crippen LogP contribution in [0.4, 0.5) is 0 Å². The van der Waals surface area contributed by atoms with E-state index in [2.05, 4.69) is 4.79 Å². The van der Waals surface area contributed by atoms with Crippen LogP contribution in [0.5, 0.6) is 0 Å². The Hall–Kier alpha value is -1.48. The second kappa shape index (κ2) is 7.74. The number of Topliss-reactive ketones (excluding diaryl/α,β-unsaturated/α-hetero) is 1. The van der Waals surface area contributed by atoms with Crippen LogP contribution in [0.25, 0.3) is 5.53 Å². The van der Waals surface area contributed by atoms with Crippen LogP contribution < -0.4 is 0 Å². The molecule has 1 aliphatic carbocycles.